The maximum atomic E-state index is 11.7. The molecule has 8 heteroatoms. The number of carboxylic acids is 2. The Balaban J connectivity index is 2.53. The molecular formula is C13H18N2O6. The van der Waals surface area contributed by atoms with Gasteiger partial charge in [0.1, 0.15) is 17.6 Å². The van der Waals surface area contributed by atoms with E-state index in [2.05, 4.69) is 10.6 Å². The van der Waals surface area contributed by atoms with Crippen molar-refractivity contribution in [3.8, 4) is 0 Å². The fraction of sp³-hybridized carbons (Fsp3) is 0.462. The highest BCUT2D eigenvalue weighted by Gasteiger charge is 2.22. The molecule has 0 bridgehead atoms. The molecule has 116 valence electrons. The van der Waals surface area contributed by atoms with Gasteiger partial charge in [0.2, 0.25) is 0 Å². The average Bonchev–Trinajstić information content (AvgIpc) is 2.80. The van der Waals surface area contributed by atoms with Crippen LogP contribution in [0, 0.1) is 6.92 Å². The number of amides is 2. The zero-order chi connectivity index (χ0) is 16.0. The predicted molar refractivity (Wildman–Crippen MR) is 71.8 cm³/mol. The van der Waals surface area contributed by atoms with E-state index in [1.807, 2.05) is 0 Å². The van der Waals surface area contributed by atoms with Gasteiger partial charge in [-0.05, 0) is 32.4 Å². The van der Waals surface area contributed by atoms with Gasteiger partial charge in [-0.25, -0.2) is 9.59 Å². The number of carbonyl (C=O) groups is 3. The van der Waals surface area contributed by atoms with Crippen molar-refractivity contribution in [3.63, 3.8) is 0 Å². The quantitative estimate of drug-likeness (QED) is 0.600. The fourth-order valence-electron chi connectivity index (χ4n) is 1.68. The molecule has 1 aromatic heterocycles. The molecule has 0 aliphatic carbocycles. The van der Waals surface area contributed by atoms with E-state index in [0.717, 1.165) is 0 Å². The number of aliphatic carboxylic acids is 2. The topological polar surface area (TPSA) is 129 Å². The Hall–Kier alpha value is -2.51. The Bertz CT molecular complexity index is 524. The lowest BCUT2D eigenvalue weighted by Gasteiger charge is -2.16. The molecule has 0 spiro atoms. The van der Waals surface area contributed by atoms with Crippen LogP contribution in [0.2, 0.25) is 0 Å². The molecule has 8 nitrogen and oxygen atoms in total. The van der Waals surface area contributed by atoms with Crippen LogP contribution in [0.4, 0.5) is 4.79 Å². The normalized spacial score (nSPS) is 13.2. The Morgan fingerprint density at radius 2 is 1.90 bits per heavy atom. The van der Waals surface area contributed by atoms with Crippen molar-refractivity contribution in [2.45, 2.75) is 38.8 Å². The van der Waals surface area contributed by atoms with Gasteiger partial charge < -0.3 is 25.3 Å². The van der Waals surface area contributed by atoms with Crippen LogP contribution in [-0.4, -0.2) is 34.2 Å². The van der Waals surface area contributed by atoms with Crippen LogP contribution < -0.4 is 10.6 Å². The van der Waals surface area contributed by atoms with Crippen molar-refractivity contribution in [1.82, 2.24) is 10.6 Å². The Morgan fingerprint density at radius 1 is 1.24 bits per heavy atom. The highest BCUT2D eigenvalue weighted by Crippen LogP contribution is 2.15. The van der Waals surface area contributed by atoms with E-state index in [0.29, 0.717) is 11.5 Å². The molecule has 0 radical (unpaired) electrons. The van der Waals surface area contributed by atoms with Crippen LogP contribution >= 0.6 is 0 Å². The van der Waals surface area contributed by atoms with Crippen LogP contribution in [0.3, 0.4) is 0 Å². The van der Waals surface area contributed by atoms with Gasteiger partial charge in [-0.3, -0.25) is 4.79 Å². The first kappa shape index (κ1) is 16.5. The Morgan fingerprint density at radius 3 is 2.38 bits per heavy atom. The van der Waals surface area contributed by atoms with Crippen molar-refractivity contribution < 1.29 is 29.0 Å². The average molecular weight is 298 g/mol. The maximum absolute atomic E-state index is 11.7. The molecule has 0 aromatic carbocycles. The third-order valence-electron chi connectivity index (χ3n) is 2.79. The summed E-state index contributed by atoms with van der Waals surface area (Å²) in [5.74, 6) is -1.17. The van der Waals surface area contributed by atoms with Gasteiger partial charge in [-0.1, -0.05) is 0 Å². The van der Waals surface area contributed by atoms with E-state index in [1.54, 1.807) is 26.0 Å². The van der Waals surface area contributed by atoms with E-state index in [-0.39, 0.29) is 12.8 Å². The Labute approximate surface area is 121 Å². The van der Waals surface area contributed by atoms with Gasteiger partial charge in [-0.2, -0.15) is 0 Å². The van der Waals surface area contributed by atoms with Crippen molar-refractivity contribution >= 4 is 18.0 Å². The van der Waals surface area contributed by atoms with E-state index in [4.69, 9.17) is 14.6 Å². The summed E-state index contributed by atoms with van der Waals surface area (Å²) in [6.45, 7) is 3.45. The molecular weight excluding hydrogens is 280 g/mol. The second-order valence-electron chi connectivity index (χ2n) is 4.61. The number of aryl methyl sites for hydroxylation is 1. The van der Waals surface area contributed by atoms with Gasteiger partial charge in [0, 0.05) is 6.42 Å². The van der Waals surface area contributed by atoms with Crippen LogP contribution in [0.15, 0.2) is 16.5 Å². The number of urea groups is 1. The number of hydrogen-bond donors (Lipinski definition) is 4. The summed E-state index contributed by atoms with van der Waals surface area (Å²) in [7, 11) is 0. The monoisotopic (exact) mass is 298 g/mol. The summed E-state index contributed by atoms with van der Waals surface area (Å²) >= 11 is 0. The molecule has 0 fully saturated rings. The minimum atomic E-state index is -1.28. The highest BCUT2D eigenvalue weighted by molar-refractivity contribution is 5.83. The SMILES string of the molecule is Cc1ccc(C(C)NC(=O)NC(CCC(=O)O)C(=O)O)o1. The van der Waals surface area contributed by atoms with E-state index < -0.39 is 30.1 Å². The molecule has 0 aliphatic rings. The number of carbonyl (C=O) groups excluding carboxylic acids is 1. The zero-order valence-corrected chi connectivity index (χ0v) is 11.8. The summed E-state index contributed by atoms with van der Waals surface area (Å²) in [5, 5.41) is 22.2. The van der Waals surface area contributed by atoms with E-state index in [9.17, 15) is 14.4 Å². The van der Waals surface area contributed by atoms with Gasteiger partial charge in [0.05, 0.1) is 6.04 Å². The Kier molecular flexibility index (Phi) is 5.77. The number of nitrogens with one attached hydrogen (secondary N) is 2. The molecule has 0 saturated heterocycles. The van der Waals surface area contributed by atoms with Gasteiger partial charge in [0.25, 0.3) is 0 Å². The first-order chi connectivity index (χ1) is 9.79. The van der Waals surface area contributed by atoms with E-state index in [1.165, 1.54) is 0 Å². The minimum absolute atomic E-state index is 0.188. The first-order valence-corrected chi connectivity index (χ1v) is 6.37. The zero-order valence-electron chi connectivity index (χ0n) is 11.8. The third kappa shape index (κ3) is 5.55. The van der Waals surface area contributed by atoms with Crippen LogP contribution in [0.25, 0.3) is 0 Å². The van der Waals surface area contributed by atoms with Gasteiger partial charge in [-0.15, -0.1) is 0 Å². The number of rotatable bonds is 7. The molecule has 4 N–H and O–H groups in total. The van der Waals surface area contributed by atoms with Crippen LogP contribution in [0.5, 0.6) is 0 Å². The molecule has 2 amide bonds. The van der Waals surface area contributed by atoms with Crippen LogP contribution in [-0.2, 0) is 9.59 Å². The molecule has 0 saturated carbocycles. The molecule has 1 rings (SSSR count). The summed E-state index contributed by atoms with van der Waals surface area (Å²) in [6, 6.07) is 1.06. The lowest BCUT2D eigenvalue weighted by Crippen LogP contribution is -2.46. The van der Waals surface area contributed by atoms with Crippen molar-refractivity contribution in [2.24, 2.45) is 0 Å². The second kappa shape index (κ2) is 7.32. The fourth-order valence-corrected chi connectivity index (χ4v) is 1.68. The number of furan rings is 1. The molecule has 1 heterocycles. The highest BCUT2D eigenvalue weighted by atomic mass is 16.4. The summed E-state index contributed by atoms with van der Waals surface area (Å²) in [5.41, 5.74) is 0. The third-order valence-corrected chi connectivity index (χ3v) is 2.79. The van der Waals surface area contributed by atoms with Crippen molar-refractivity contribution in [1.29, 1.82) is 0 Å². The molecule has 2 unspecified atom stereocenters. The lowest BCUT2D eigenvalue weighted by molar-refractivity contribution is -0.140. The summed E-state index contributed by atoms with van der Waals surface area (Å²) in [4.78, 5) is 33.1. The van der Waals surface area contributed by atoms with Crippen molar-refractivity contribution in [2.75, 3.05) is 0 Å². The first-order valence-electron chi connectivity index (χ1n) is 6.37. The summed E-state index contributed by atoms with van der Waals surface area (Å²) in [6.07, 6.45) is -0.531. The smallest absolute Gasteiger partial charge is 0.326 e. The molecule has 21 heavy (non-hydrogen) atoms. The second-order valence-corrected chi connectivity index (χ2v) is 4.61. The number of hydrogen-bond acceptors (Lipinski definition) is 4. The van der Waals surface area contributed by atoms with E-state index >= 15 is 0 Å². The maximum Gasteiger partial charge on any atom is 0.326 e. The van der Waals surface area contributed by atoms with Gasteiger partial charge in [0.15, 0.2) is 0 Å². The molecule has 1 aromatic rings. The van der Waals surface area contributed by atoms with Gasteiger partial charge >= 0.3 is 18.0 Å². The molecule has 0 aliphatic heterocycles. The lowest BCUT2D eigenvalue weighted by atomic mass is 10.1. The standard InChI is InChI=1S/C13H18N2O6/c1-7-3-5-10(21-7)8(2)14-13(20)15-9(12(18)19)4-6-11(16)17/h3,5,8-9H,4,6H2,1-2H3,(H,16,17)(H,18,19)(H2,14,15,20). The van der Waals surface area contributed by atoms with Crippen LogP contribution in [0.1, 0.15) is 37.3 Å². The summed E-state index contributed by atoms with van der Waals surface area (Å²) < 4.78 is 5.34. The minimum Gasteiger partial charge on any atom is -0.481 e. The largest absolute Gasteiger partial charge is 0.481 e. The number of carboxylic acid groups (broad SMARTS) is 2. The predicted octanol–water partition coefficient (Wildman–Crippen LogP) is 1.27. The molecule has 2 atom stereocenters. The van der Waals surface area contributed by atoms with Crippen molar-refractivity contribution in [3.05, 3.63) is 23.7 Å².